The topological polar surface area (TPSA) is 81.2 Å². The first-order valence-electron chi connectivity index (χ1n) is 8.90. The van der Waals surface area contributed by atoms with E-state index in [4.69, 9.17) is 4.74 Å². The number of aryl methyl sites for hydroxylation is 1. The van der Waals surface area contributed by atoms with Crippen molar-refractivity contribution in [2.24, 2.45) is 5.92 Å². The largest absolute Gasteiger partial charge is 0.497 e. The molecular formula is C21H24BrN3O3. The van der Waals surface area contributed by atoms with Crippen molar-refractivity contribution in [3.63, 3.8) is 0 Å². The number of anilines is 1. The zero-order chi connectivity index (χ0) is 20.7. The summed E-state index contributed by atoms with van der Waals surface area (Å²) < 4.78 is 5.15. The third-order valence-electron chi connectivity index (χ3n) is 4.23. The number of hydrogen-bond acceptors (Lipinski definition) is 6. The Hall–Kier alpha value is -2.54. The zero-order valence-corrected chi connectivity index (χ0v) is 17.8. The van der Waals surface area contributed by atoms with E-state index in [1.807, 2.05) is 24.3 Å². The van der Waals surface area contributed by atoms with Crippen molar-refractivity contribution in [2.75, 3.05) is 12.4 Å². The maximum atomic E-state index is 12.9. The van der Waals surface area contributed by atoms with Gasteiger partial charge >= 0.3 is 0 Å². The standard InChI is InChI=1S/C21H24BrN3O3/c1-5-6-13(2)19(26)17(22)20(27)18-21(23-11-14(3)25-18)24-12-15-7-9-16(28-4)10-8-15/h5,7-11,13,17H,1,6,12H2,2-4H3,(H,23,24). The van der Waals surface area contributed by atoms with E-state index in [9.17, 15) is 9.59 Å². The second-order valence-corrected chi connectivity index (χ2v) is 7.38. The Morgan fingerprint density at radius 3 is 2.61 bits per heavy atom. The molecule has 2 atom stereocenters. The van der Waals surface area contributed by atoms with Gasteiger partial charge in [0.1, 0.15) is 10.6 Å². The van der Waals surface area contributed by atoms with Crippen molar-refractivity contribution in [2.45, 2.75) is 31.6 Å². The first-order chi connectivity index (χ1) is 13.4. The van der Waals surface area contributed by atoms with Crippen LogP contribution in [-0.2, 0) is 11.3 Å². The number of hydrogen-bond donors (Lipinski definition) is 1. The fourth-order valence-corrected chi connectivity index (χ4v) is 3.24. The summed E-state index contributed by atoms with van der Waals surface area (Å²) >= 11 is 3.24. The van der Waals surface area contributed by atoms with Gasteiger partial charge in [0, 0.05) is 12.5 Å². The number of Topliss-reactive ketones (excluding diaryl/α,β-unsaturated/α-hetero) is 2. The summed E-state index contributed by atoms with van der Waals surface area (Å²) in [6.45, 7) is 7.62. The molecule has 1 aromatic heterocycles. The highest BCUT2D eigenvalue weighted by atomic mass is 79.9. The van der Waals surface area contributed by atoms with Crippen molar-refractivity contribution in [1.82, 2.24) is 9.97 Å². The minimum absolute atomic E-state index is 0.148. The molecule has 28 heavy (non-hydrogen) atoms. The molecule has 0 radical (unpaired) electrons. The van der Waals surface area contributed by atoms with E-state index in [0.717, 1.165) is 11.3 Å². The van der Waals surface area contributed by atoms with Gasteiger partial charge in [0.05, 0.1) is 19.0 Å². The van der Waals surface area contributed by atoms with Crippen LogP contribution in [0.2, 0.25) is 0 Å². The fraction of sp³-hybridized carbons (Fsp3) is 0.333. The van der Waals surface area contributed by atoms with Crippen LogP contribution in [0.3, 0.4) is 0 Å². The van der Waals surface area contributed by atoms with Crippen LogP contribution < -0.4 is 10.1 Å². The molecule has 0 fully saturated rings. The lowest BCUT2D eigenvalue weighted by molar-refractivity contribution is -0.120. The summed E-state index contributed by atoms with van der Waals surface area (Å²) in [5.41, 5.74) is 1.74. The number of nitrogens with zero attached hydrogens (tertiary/aromatic N) is 2. The van der Waals surface area contributed by atoms with Crippen LogP contribution in [0.25, 0.3) is 0 Å². The summed E-state index contributed by atoms with van der Waals surface area (Å²) in [6.07, 6.45) is 3.76. The van der Waals surface area contributed by atoms with Gasteiger partial charge in [-0.25, -0.2) is 9.97 Å². The summed E-state index contributed by atoms with van der Waals surface area (Å²) in [7, 11) is 1.61. The van der Waals surface area contributed by atoms with Gasteiger partial charge in [-0.3, -0.25) is 9.59 Å². The third kappa shape index (κ3) is 5.48. The van der Waals surface area contributed by atoms with Crippen molar-refractivity contribution in [3.05, 3.63) is 60.1 Å². The lowest BCUT2D eigenvalue weighted by Crippen LogP contribution is -2.30. The van der Waals surface area contributed by atoms with Crippen molar-refractivity contribution < 1.29 is 14.3 Å². The number of allylic oxidation sites excluding steroid dienone is 1. The number of carbonyl (C=O) groups is 2. The highest BCUT2D eigenvalue weighted by molar-refractivity contribution is 9.10. The Labute approximate surface area is 173 Å². The van der Waals surface area contributed by atoms with Gasteiger partial charge in [-0.2, -0.15) is 0 Å². The predicted octanol–water partition coefficient (Wildman–Crippen LogP) is 4.13. The molecule has 0 bridgehead atoms. The molecular weight excluding hydrogens is 422 g/mol. The molecule has 1 heterocycles. The summed E-state index contributed by atoms with van der Waals surface area (Å²) in [4.78, 5) is 33.1. The van der Waals surface area contributed by atoms with E-state index in [1.54, 1.807) is 33.2 Å². The van der Waals surface area contributed by atoms with Gasteiger partial charge in [0.25, 0.3) is 0 Å². The average molecular weight is 446 g/mol. The first-order valence-corrected chi connectivity index (χ1v) is 9.82. The molecule has 0 saturated heterocycles. The summed E-state index contributed by atoms with van der Waals surface area (Å²) in [6, 6.07) is 7.56. The number of ether oxygens (including phenoxy) is 1. The number of ketones is 2. The minimum Gasteiger partial charge on any atom is -0.497 e. The van der Waals surface area contributed by atoms with E-state index < -0.39 is 10.6 Å². The summed E-state index contributed by atoms with van der Waals surface area (Å²) in [5, 5.41) is 3.14. The molecule has 1 aromatic carbocycles. The van der Waals surface area contributed by atoms with Gasteiger partial charge in [-0.15, -0.1) is 6.58 Å². The second kappa shape index (κ2) is 10.1. The number of nitrogens with one attached hydrogen (secondary N) is 1. The Morgan fingerprint density at radius 2 is 2.00 bits per heavy atom. The van der Waals surface area contributed by atoms with Crippen LogP contribution in [0.5, 0.6) is 5.75 Å². The minimum atomic E-state index is -0.972. The van der Waals surface area contributed by atoms with E-state index in [-0.39, 0.29) is 17.4 Å². The molecule has 1 N–H and O–H groups in total. The molecule has 0 amide bonds. The van der Waals surface area contributed by atoms with E-state index in [1.165, 1.54) is 0 Å². The molecule has 7 heteroatoms. The molecule has 0 aliphatic heterocycles. The molecule has 6 nitrogen and oxygen atoms in total. The molecule has 0 aliphatic carbocycles. The normalized spacial score (nSPS) is 12.7. The predicted molar refractivity (Wildman–Crippen MR) is 113 cm³/mol. The highest BCUT2D eigenvalue weighted by Gasteiger charge is 2.31. The Balaban J connectivity index is 2.19. The molecule has 2 aromatic rings. The Kier molecular flexibility index (Phi) is 7.87. The van der Waals surface area contributed by atoms with Crippen molar-refractivity contribution >= 4 is 33.3 Å². The Bertz CT molecular complexity index is 852. The van der Waals surface area contributed by atoms with Gasteiger partial charge in [0.15, 0.2) is 17.3 Å². The SMILES string of the molecule is C=CCC(C)C(=O)C(Br)C(=O)c1nc(C)cnc1NCc1ccc(OC)cc1. The summed E-state index contributed by atoms with van der Waals surface area (Å²) in [5.74, 6) is 0.201. The van der Waals surface area contributed by atoms with Crippen LogP contribution in [0.4, 0.5) is 5.82 Å². The molecule has 0 saturated carbocycles. The van der Waals surface area contributed by atoms with Crippen LogP contribution >= 0.6 is 15.9 Å². The highest BCUT2D eigenvalue weighted by Crippen LogP contribution is 2.21. The van der Waals surface area contributed by atoms with Gasteiger partial charge in [0.2, 0.25) is 5.78 Å². The van der Waals surface area contributed by atoms with E-state index in [0.29, 0.717) is 24.5 Å². The average Bonchev–Trinajstić information content (AvgIpc) is 2.71. The molecule has 2 rings (SSSR count). The number of alkyl halides is 1. The monoisotopic (exact) mass is 445 g/mol. The Morgan fingerprint density at radius 1 is 1.32 bits per heavy atom. The smallest absolute Gasteiger partial charge is 0.206 e. The van der Waals surface area contributed by atoms with Gasteiger partial charge < -0.3 is 10.1 Å². The van der Waals surface area contributed by atoms with E-state index >= 15 is 0 Å². The lowest BCUT2D eigenvalue weighted by atomic mass is 9.97. The molecule has 0 aliphatic rings. The third-order valence-corrected chi connectivity index (χ3v) is 5.10. The number of methoxy groups -OCH3 is 1. The number of aromatic nitrogens is 2. The van der Waals surface area contributed by atoms with E-state index in [2.05, 4.69) is 37.8 Å². The number of rotatable bonds is 10. The first kappa shape index (κ1) is 21.8. The second-order valence-electron chi connectivity index (χ2n) is 6.46. The van der Waals surface area contributed by atoms with Crippen molar-refractivity contribution in [3.8, 4) is 5.75 Å². The fourth-order valence-electron chi connectivity index (χ4n) is 2.57. The number of carbonyl (C=O) groups excluding carboxylic acids is 2. The molecule has 0 spiro atoms. The maximum Gasteiger partial charge on any atom is 0.206 e. The number of halogens is 1. The lowest BCUT2D eigenvalue weighted by Gasteiger charge is -2.15. The maximum absolute atomic E-state index is 12.9. The zero-order valence-electron chi connectivity index (χ0n) is 16.2. The number of benzene rings is 1. The van der Waals surface area contributed by atoms with Crippen LogP contribution in [-0.4, -0.2) is 33.5 Å². The van der Waals surface area contributed by atoms with Crippen LogP contribution in [0.15, 0.2) is 43.1 Å². The van der Waals surface area contributed by atoms with Gasteiger partial charge in [-0.05, 0) is 31.0 Å². The quantitative estimate of drug-likeness (QED) is 0.256. The van der Waals surface area contributed by atoms with Gasteiger partial charge in [-0.1, -0.05) is 41.1 Å². The van der Waals surface area contributed by atoms with Crippen molar-refractivity contribution in [1.29, 1.82) is 0 Å². The van der Waals surface area contributed by atoms with Crippen LogP contribution in [0, 0.1) is 12.8 Å². The molecule has 148 valence electrons. The van der Waals surface area contributed by atoms with Crippen LogP contribution in [0.1, 0.15) is 35.1 Å². The molecule has 2 unspecified atom stereocenters.